The fourth-order valence-corrected chi connectivity index (χ4v) is 3.60. The van der Waals surface area contributed by atoms with E-state index in [-0.39, 0.29) is 18.8 Å². The van der Waals surface area contributed by atoms with Gasteiger partial charge < -0.3 is 29.6 Å². The summed E-state index contributed by atoms with van der Waals surface area (Å²) in [4.78, 5) is 26.1. The van der Waals surface area contributed by atoms with E-state index in [1.165, 1.54) is 21.1 Å². The molecule has 1 fully saturated rings. The molecular weight excluding hydrogens is 462 g/mol. The molecule has 1 aliphatic heterocycles. The lowest BCUT2D eigenvalue weighted by Crippen LogP contribution is -2.55. The van der Waals surface area contributed by atoms with E-state index in [4.69, 9.17) is 30.5 Å². The summed E-state index contributed by atoms with van der Waals surface area (Å²) in [6.45, 7) is 3.70. The van der Waals surface area contributed by atoms with Gasteiger partial charge in [0.05, 0.1) is 20.3 Å². The van der Waals surface area contributed by atoms with Crippen molar-refractivity contribution in [1.82, 2.24) is 10.2 Å². The Morgan fingerprint density at radius 1 is 1.06 bits per heavy atom. The highest BCUT2D eigenvalue weighted by Crippen LogP contribution is 2.26. The van der Waals surface area contributed by atoms with E-state index in [0.717, 1.165) is 25.4 Å². The number of carbonyl (C=O) groups excluding carboxylic acids is 2. The van der Waals surface area contributed by atoms with Crippen molar-refractivity contribution in [2.24, 2.45) is 0 Å². The zero-order valence-electron chi connectivity index (χ0n) is 19.5. The van der Waals surface area contributed by atoms with Gasteiger partial charge in [0, 0.05) is 55.5 Å². The first kappa shape index (κ1) is 25.5. The third-order valence-electron chi connectivity index (χ3n) is 5.27. The van der Waals surface area contributed by atoms with Gasteiger partial charge in [0.2, 0.25) is 0 Å². The number of amides is 2. The molecule has 2 aromatic carbocycles. The summed E-state index contributed by atoms with van der Waals surface area (Å²) in [5.41, 5.74) is 0.518. The summed E-state index contributed by atoms with van der Waals surface area (Å²) in [6.07, 6.45) is 0.711. The number of urea groups is 1. The number of benzene rings is 2. The minimum Gasteiger partial charge on any atom is -0.497 e. The van der Waals surface area contributed by atoms with Gasteiger partial charge in [-0.3, -0.25) is 9.69 Å². The lowest BCUT2D eigenvalue weighted by molar-refractivity contribution is -0.141. The quantitative estimate of drug-likeness (QED) is 0.464. The topological polar surface area (TPSA) is 98.4 Å². The van der Waals surface area contributed by atoms with Crippen LogP contribution in [0.3, 0.4) is 0 Å². The Balaban J connectivity index is 1.47. The van der Waals surface area contributed by atoms with E-state index < -0.39 is 12.0 Å². The molecule has 1 heterocycles. The summed E-state index contributed by atoms with van der Waals surface area (Å²) in [6, 6.07) is 11.6. The molecule has 10 heteroatoms. The third kappa shape index (κ3) is 8.00. The van der Waals surface area contributed by atoms with Crippen molar-refractivity contribution in [2.45, 2.75) is 25.5 Å². The van der Waals surface area contributed by atoms with Crippen LogP contribution in [0.1, 0.15) is 13.3 Å². The number of esters is 1. The van der Waals surface area contributed by atoms with Gasteiger partial charge >= 0.3 is 12.0 Å². The van der Waals surface area contributed by atoms with Crippen LogP contribution in [0.4, 0.5) is 10.5 Å². The van der Waals surface area contributed by atoms with Crippen LogP contribution in [0.2, 0.25) is 5.02 Å². The maximum absolute atomic E-state index is 12.6. The van der Waals surface area contributed by atoms with Crippen molar-refractivity contribution >= 4 is 29.3 Å². The maximum atomic E-state index is 12.6. The Morgan fingerprint density at radius 3 is 2.29 bits per heavy atom. The highest BCUT2D eigenvalue weighted by atomic mass is 35.5. The molecular formula is C24H30ClN3O6. The Kier molecular flexibility index (Phi) is 9.24. The van der Waals surface area contributed by atoms with E-state index in [1.54, 1.807) is 30.3 Å². The lowest BCUT2D eigenvalue weighted by atomic mass is 10.1. The number of nitrogens with one attached hydrogen (secondary N) is 2. The van der Waals surface area contributed by atoms with Gasteiger partial charge in [-0.05, 0) is 30.7 Å². The predicted molar refractivity (Wildman–Crippen MR) is 129 cm³/mol. The summed E-state index contributed by atoms with van der Waals surface area (Å²) < 4.78 is 21.5. The van der Waals surface area contributed by atoms with Gasteiger partial charge in [0.25, 0.3) is 0 Å². The van der Waals surface area contributed by atoms with Gasteiger partial charge in [0.1, 0.15) is 30.0 Å². The molecule has 0 radical (unpaired) electrons. The normalized spacial score (nSPS) is 14.5. The summed E-state index contributed by atoms with van der Waals surface area (Å²) in [5, 5.41) is 6.32. The van der Waals surface area contributed by atoms with Crippen LogP contribution in [-0.4, -0.2) is 69.5 Å². The average molecular weight is 492 g/mol. The molecule has 1 atom stereocenters. The maximum Gasteiger partial charge on any atom is 0.319 e. The molecule has 0 aromatic heterocycles. The largest absolute Gasteiger partial charge is 0.497 e. The number of ether oxygens (including phenoxy) is 4. The fourth-order valence-electron chi connectivity index (χ4n) is 3.47. The molecule has 2 amide bonds. The molecule has 34 heavy (non-hydrogen) atoms. The number of carbonyl (C=O) groups is 2. The molecule has 184 valence electrons. The van der Waals surface area contributed by atoms with Gasteiger partial charge in [-0.15, -0.1) is 0 Å². The zero-order valence-corrected chi connectivity index (χ0v) is 20.3. The molecule has 1 saturated heterocycles. The van der Waals surface area contributed by atoms with Crippen molar-refractivity contribution in [3.05, 3.63) is 47.5 Å². The highest BCUT2D eigenvalue weighted by molar-refractivity contribution is 6.30. The molecule has 0 saturated carbocycles. The summed E-state index contributed by atoms with van der Waals surface area (Å²) >= 11 is 5.90. The molecule has 0 spiro atoms. The second-order valence-electron chi connectivity index (χ2n) is 7.94. The van der Waals surface area contributed by atoms with Crippen LogP contribution in [0, 0.1) is 0 Å². The molecule has 1 aliphatic rings. The first-order valence-corrected chi connectivity index (χ1v) is 11.3. The molecule has 2 N–H and O–H groups in total. The number of halogens is 1. The second-order valence-corrected chi connectivity index (χ2v) is 8.38. The molecule has 0 bridgehead atoms. The SMILES string of the molecule is COc1cc(NC(=O)N[C@@H](CCN2CC(Oc3ccc(Cl)cc3)C2)COC(C)=O)cc(OC)c1. The Bertz CT molecular complexity index is 943. The smallest absolute Gasteiger partial charge is 0.319 e. The monoisotopic (exact) mass is 491 g/mol. The van der Waals surface area contributed by atoms with E-state index in [2.05, 4.69) is 15.5 Å². The first-order chi connectivity index (χ1) is 16.3. The van der Waals surface area contributed by atoms with Crippen LogP contribution in [0.5, 0.6) is 17.2 Å². The summed E-state index contributed by atoms with van der Waals surface area (Å²) in [5.74, 6) is 1.50. The highest BCUT2D eigenvalue weighted by Gasteiger charge is 2.29. The van der Waals surface area contributed by atoms with Gasteiger partial charge in [-0.2, -0.15) is 0 Å². The summed E-state index contributed by atoms with van der Waals surface area (Å²) in [7, 11) is 3.07. The van der Waals surface area contributed by atoms with E-state index in [0.29, 0.717) is 28.6 Å². The van der Waals surface area contributed by atoms with Crippen LogP contribution in [0.15, 0.2) is 42.5 Å². The van der Waals surface area contributed by atoms with Crippen molar-refractivity contribution in [3.63, 3.8) is 0 Å². The van der Waals surface area contributed by atoms with Crippen LogP contribution in [0.25, 0.3) is 0 Å². The lowest BCUT2D eigenvalue weighted by Gasteiger charge is -2.39. The molecule has 0 unspecified atom stereocenters. The van der Waals surface area contributed by atoms with E-state index >= 15 is 0 Å². The molecule has 3 rings (SSSR count). The van der Waals surface area contributed by atoms with Gasteiger partial charge in [-0.25, -0.2) is 4.79 Å². The molecule has 0 aliphatic carbocycles. The number of methoxy groups -OCH3 is 2. The van der Waals surface area contributed by atoms with Crippen LogP contribution >= 0.6 is 11.6 Å². The van der Waals surface area contributed by atoms with Gasteiger partial charge in [-0.1, -0.05) is 11.6 Å². The number of likely N-dealkylation sites (tertiary alicyclic amines) is 1. The third-order valence-corrected chi connectivity index (χ3v) is 5.52. The fraction of sp³-hybridized carbons (Fsp3) is 0.417. The van der Waals surface area contributed by atoms with Crippen LogP contribution in [-0.2, 0) is 9.53 Å². The zero-order chi connectivity index (χ0) is 24.5. The Labute approximate surface area is 204 Å². The van der Waals surface area contributed by atoms with Crippen molar-refractivity contribution < 1.29 is 28.5 Å². The molecule has 2 aromatic rings. The average Bonchev–Trinajstić information content (AvgIpc) is 2.79. The van der Waals surface area contributed by atoms with Crippen molar-refractivity contribution in [3.8, 4) is 17.2 Å². The van der Waals surface area contributed by atoms with Crippen molar-refractivity contribution in [1.29, 1.82) is 0 Å². The number of rotatable bonds is 11. The van der Waals surface area contributed by atoms with Gasteiger partial charge in [0.15, 0.2) is 0 Å². The van der Waals surface area contributed by atoms with Crippen LogP contribution < -0.4 is 24.8 Å². The predicted octanol–water partition coefficient (Wildman–Crippen LogP) is 3.56. The van der Waals surface area contributed by atoms with E-state index in [9.17, 15) is 9.59 Å². The number of hydrogen-bond acceptors (Lipinski definition) is 7. The molecule has 9 nitrogen and oxygen atoms in total. The standard InChI is InChI=1S/C24H30ClN3O6/c1-16(29)33-15-18(26-24(30)27-19-10-21(31-2)12-22(11-19)32-3)8-9-28-13-23(14-28)34-20-6-4-17(25)5-7-20/h4-7,10-12,18,23H,8-9,13-15H2,1-3H3,(H2,26,27,30)/t18-/m0/s1. The Hall–Kier alpha value is -3.17. The second kappa shape index (κ2) is 12.3. The number of hydrogen-bond donors (Lipinski definition) is 2. The van der Waals surface area contributed by atoms with Crippen molar-refractivity contribution in [2.75, 3.05) is 45.8 Å². The minimum atomic E-state index is -0.417. The van der Waals surface area contributed by atoms with E-state index in [1.807, 2.05) is 12.1 Å². The number of anilines is 1. The first-order valence-electron chi connectivity index (χ1n) is 10.9. The minimum absolute atomic E-state index is 0.0860. The Morgan fingerprint density at radius 2 is 1.71 bits per heavy atom. The number of nitrogens with zero attached hydrogens (tertiary/aromatic N) is 1.